The average molecular weight is 589 g/mol. The lowest BCUT2D eigenvalue weighted by Crippen LogP contribution is -2.76. The third-order valence-corrected chi connectivity index (χ3v) is 10.9. The van der Waals surface area contributed by atoms with Crippen LogP contribution >= 0.6 is 0 Å². The zero-order chi connectivity index (χ0) is 32.0. The van der Waals surface area contributed by atoms with Crippen LogP contribution in [0.4, 0.5) is 0 Å². The van der Waals surface area contributed by atoms with Crippen molar-refractivity contribution in [3.05, 3.63) is 51.6 Å². The van der Waals surface area contributed by atoms with E-state index in [2.05, 4.69) is 12.2 Å². The molecule has 230 valence electrons. The molecule has 0 radical (unpaired) electrons. The van der Waals surface area contributed by atoms with Crippen molar-refractivity contribution in [2.45, 2.75) is 99.0 Å². The van der Waals surface area contributed by atoms with Gasteiger partial charge in [-0.05, 0) is 79.9 Å². The van der Waals surface area contributed by atoms with Crippen molar-refractivity contribution in [1.29, 1.82) is 0 Å². The molecule has 2 N–H and O–H groups in total. The summed E-state index contributed by atoms with van der Waals surface area (Å²) in [7, 11) is 0. The van der Waals surface area contributed by atoms with Crippen molar-refractivity contribution in [3.8, 4) is 5.75 Å². The summed E-state index contributed by atoms with van der Waals surface area (Å²) in [6.07, 6.45) is 6.72. The van der Waals surface area contributed by atoms with Crippen molar-refractivity contribution in [2.24, 2.45) is 34.5 Å². The highest BCUT2D eigenvalue weighted by Gasteiger charge is 2.76. The number of hydrogen-bond donors (Lipinski definition) is 2. The lowest BCUT2D eigenvalue weighted by atomic mass is 9.39. The Morgan fingerprint density at radius 2 is 1.70 bits per heavy atom. The van der Waals surface area contributed by atoms with Crippen LogP contribution in [0.5, 0.6) is 5.75 Å². The van der Waals surface area contributed by atoms with Crippen LogP contribution in [0.15, 0.2) is 29.4 Å². The molecule has 3 unspecified atom stereocenters. The fourth-order valence-corrected chi connectivity index (χ4v) is 9.20. The second kappa shape index (κ2) is 10.2. The van der Waals surface area contributed by atoms with Gasteiger partial charge in [-0.25, -0.2) is 0 Å². The van der Waals surface area contributed by atoms with Crippen molar-refractivity contribution in [3.63, 3.8) is 0 Å². The zero-order valence-electron chi connectivity index (χ0n) is 26.6. The summed E-state index contributed by atoms with van der Waals surface area (Å²) in [5, 5.41) is 23.8. The number of fused-ring (bicyclic) bond motifs is 3. The molecule has 7 nitrogen and oxygen atoms in total. The number of phenols is 1. The molecule has 0 spiro atoms. The number of hydrogen-bond acceptors (Lipinski definition) is 7. The molecular weight excluding hydrogens is 544 g/mol. The standard InChI is InChI=1S/C36H44O7/c1-17(2)23-14-22(12-11-21-10-9-19(5)13-21)29(38)26-24(23)15-34(7)16-35(8)27(18(3)4)30(39)25(20(6)37)32(41)36(35,43)33(42)28(34)31(26)40/h9,13-14,17-18,25,27-28,38,43H,10-12,15-16H2,1-8H3/t25?,27?,28?,34-,35-,36+/m1/s1. The predicted octanol–water partition coefficient (Wildman–Crippen LogP) is 5.43. The highest BCUT2D eigenvalue weighted by Crippen LogP contribution is 2.64. The Balaban J connectivity index is 1.66. The van der Waals surface area contributed by atoms with Crippen molar-refractivity contribution < 1.29 is 34.2 Å². The van der Waals surface area contributed by atoms with E-state index in [9.17, 15) is 34.2 Å². The number of aromatic hydroxyl groups is 1. The second-order valence-electron chi connectivity index (χ2n) is 14.8. The van der Waals surface area contributed by atoms with Crippen LogP contribution in [0, 0.1) is 34.5 Å². The molecule has 0 heterocycles. The molecule has 1 aromatic carbocycles. The predicted molar refractivity (Wildman–Crippen MR) is 162 cm³/mol. The number of aryl methyl sites for hydroxylation is 1. The number of aliphatic hydroxyl groups is 1. The van der Waals surface area contributed by atoms with Gasteiger partial charge in [-0.15, -0.1) is 0 Å². The molecule has 1 aromatic rings. The van der Waals surface area contributed by atoms with E-state index in [4.69, 9.17) is 0 Å². The van der Waals surface area contributed by atoms with Crippen molar-refractivity contribution >= 4 is 28.9 Å². The third-order valence-electron chi connectivity index (χ3n) is 10.9. The van der Waals surface area contributed by atoms with Gasteiger partial charge >= 0.3 is 0 Å². The minimum absolute atomic E-state index is 0.0278. The molecule has 0 aliphatic heterocycles. The van der Waals surface area contributed by atoms with E-state index in [0.29, 0.717) is 17.5 Å². The van der Waals surface area contributed by atoms with E-state index in [-0.39, 0.29) is 36.0 Å². The van der Waals surface area contributed by atoms with Gasteiger partial charge in [0.15, 0.2) is 28.7 Å². The molecule has 2 saturated carbocycles. The average Bonchev–Trinajstić information content (AvgIpc) is 3.30. The topological polar surface area (TPSA) is 126 Å². The molecule has 4 aliphatic rings. The van der Waals surface area contributed by atoms with Gasteiger partial charge in [0.2, 0.25) is 0 Å². The van der Waals surface area contributed by atoms with Crippen LogP contribution in [0.3, 0.4) is 0 Å². The first kappa shape index (κ1) is 31.2. The summed E-state index contributed by atoms with van der Waals surface area (Å²) in [5.41, 5.74) is -0.419. The minimum Gasteiger partial charge on any atom is -0.507 e. The van der Waals surface area contributed by atoms with Gasteiger partial charge in [-0.3, -0.25) is 24.0 Å². The molecular formula is C36H44O7. The van der Waals surface area contributed by atoms with E-state index in [1.54, 1.807) is 20.8 Å². The number of rotatable bonds is 6. The molecule has 0 aromatic heterocycles. The minimum atomic E-state index is -2.68. The summed E-state index contributed by atoms with van der Waals surface area (Å²) >= 11 is 0. The van der Waals surface area contributed by atoms with Crippen LogP contribution in [0.2, 0.25) is 0 Å². The lowest BCUT2D eigenvalue weighted by molar-refractivity contribution is -0.205. The molecule has 6 atom stereocenters. The van der Waals surface area contributed by atoms with Gasteiger partial charge < -0.3 is 10.2 Å². The second-order valence-corrected chi connectivity index (χ2v) is 14.8. The smallest absolute Gasteiger partial charge is 0.190 e. The van der Waals surface area contributed by atoms with Crippen LogP contribution < -0.4 is 0 Å². The van der Waals surface area contributed by atoms with Crippen LogP contribution in [0.1, 0.15) is 108 Å². The number of benzene rings is 1. The molecule has 0 amide bonds. The van der Waals surface area contributed by atoms with Gasteiger partial charge in [-0.1, -0.05) is 70.9 Å². The maximum atomic E-state index is 14.5. The summed E-state index contributed by atoms with van der Waals surface area (Å²) in [6.45, 7) is 14.2. The maximum absolute atomic E-state index is 14.5. The highest BCUT2D eigenvalue weighted by molar-refractivity contribution is 6.32. The Morgan fingerprint density at radius 3 is 2.23 bits per heavy atom. The van der Waals surface area contributed by atoms with Crippen LogP contribution in [-0.4, -0.2) is 44.7 Å². The largest absolute Gasteiger partial charge is 0.507 e. The van der Waals surface area contributed by atoms with E-state index >= 15 is 0 Å². The highest BCUT2D eigenvalue weighted by atomic mass is 16.3. The normalized spacial score (nSPS) is 33.8. The van der Waals surface area contributed by atoms with Crippen molar-refractivity contribution in [1.82, 2.24) is 0 Å². The third kappa shape index (κ3) is 4.28. The van der Waals surface area contributed by atoms with Gasteiger partial charge in [-0.2, -0.15) is 0 Å². The number of Topliss-reactive ketones (excluding diaryl/α,β-unsaturated/α-hetero) is 5. The zero-order valence-corrected chi connectivity index (χ0v) is 26.6. The molecule has 0 bridgehead atoms. The first-order valence-electron chi connectivity index (χ1n) is 15.5. The molecule has 5 rings (SSSR count). The summed E-state index contributed by atoms with van der Waals surface area (Å²) in [6, 6.07) is 1.98. The summed E-state index contributed by atoms with van der Waals surface area (Å²) in [4.78, 5) is 69.1. The molecule has 0 saturated heterocycles. The monoisotopic (exact) mass is 588 g/mol. The Hall–Kier alpha value is -3.19. The summed E-state index contributed by atoms with van der Waals surface area (Å²) < 4.78 is 0. The van der Waals surface area contributed by atoms with Gasteiger partial charge in [0.05, 0.1) is 11.5 Å². The number of allylic oxidation sites excluding steroid dienone is 4. The fraction of sp³-hybridized carbons (Fsp3) is 0.583. The van der Waals surface area contributed by atoms with Gasteiger partial charge in [0.25, 0.3) is 0 Å². The van der Waals surface area contributed by atoms with E-state index in [1.165, 1.54) is 11.1 Å². The van der Waals surface area contributed by atoms with Crippen LogP contribution in [0.25, 0.3) is 0 Å². The van der Waals surface area contributed by atoms with Gasteiger partial charge in [0, 0.05) is 11.3 Å². The number of phenolic OH excluding ortho intramolecular Hbond substituents is 1. The fourth-order valence-electron chi connectivity index (χ4n) is 9.20. The number of ketones is 5. The van der Waals surface area contributed by atoms with E-state index in [0.717, 1.165) is 25.3 Å². The Bertz CT molecular complexity index is 1540. The number of carbonyl (C=O) groups excluding carboxylic acids is 5. The molecule has 7 heteroatoms. The Kier molecular flexibility index (Phi) is 7.40. The lowest BCUT2D eigenvalue weighted by Gasteiger charge is -2.62. The maximum Gasteiger partial charge on any atom is 0.190 e. The van der Waals surface area contributed by atoms with Crippen LogP contribution in [-0.2, 0) is 32.0 Å². The Morgan fingerprint density at radius 1 is 1.05 bits per heavy atom. The molecule has 2 fully saturated rings. The number of carbonyl (C=O) groups is 5. The first-order valence-corrected chi connectivity index (χ1v) is 15.5. The first-order chi connectivity index (χ1) is 19.9. The van der Waals surface area contributed by atoms with Gasteiger partial charge in [0.1, 0.15) is 17.5 Å². The Labute approximate surface area is 253 Å². The van der Waals surface area contributed by atoms with E-state index in [1.807, 2.05) is 33.8 Å². The molecule has 4 aliphatic carbocycles. The quantitative estimate of drug-likeness (QED) is 0.425. The SMILES string of the molecule is CC(=O)C1C(=O)C(C(C)C)[C@@]2(C)C[C@@]3(C)Cc4c(C(C)C)cc(CCC5=CC(C)=CC5)c(O)c4C(=O)C3C(=O)[C@@]2(O)C1=O. The van der Waals surface area contributed by atoms with Crippen molar-refractivity contribution in [2.75, 3.05) is 0 Å². The van der Waals surface area contributed by atoms with E-state index < -0.39 is 63.1 Å². The summed E-state index contributed by atoms with van der Waals surface area (Å²) in [5.74, 6) is -8.54. The molecule has 43 heavy (non-hydrogen) atoms.